The van der Waals surface area contributed by atoms with Crippen LogP contribution in [0.25, 0.3) is 11.4 Å². The van der Waals surface area contributed by atoms with E-state index in [0.29, 0.717) is 28.5 Å². The molecule has 0 aliphatic rings. The Kier molecular flexibility index (Phi) is 4.31. The Morgan fingerprint density at radius 2 is 1.79 bits per heavy atom. The van der Waals surface area contributed by atoms with Gasteiger partial charge in [-0.2, -0.15) is 0 Å². The van der Waals surface area contributed by atoms with Crippen molar-refractivity contribution < 1.29 is 4.42 Å². The molecule has 8 heteroatoms. The molecule has 126 valence electrons. The summed E-state index contributed by atoms with van der Waals surface area (Å²) >= 11 is 1.40. The van der Waals surface area contributed by atoms with Crippen LogP contribution >= 0.6 is 11.8 Å². The number of aryl methyl sites for hydroxylation is 1. The second-order valence-electron chi connectivity index (χ2n) is 6.51. The van der Waals surface area contributed by atoms with Crippen molar-refractivity contribution in [3.05, 3.63) is 41.6 Å². The lowest BCUT2D eigenvalue weighted by atomic mass is 9.87. The van der Waals surface area contributed by atoms with Gasteiger partial charge in [0, 0.05) is 12.5 Å². The van der Waals surface area contributed by atoms with E-state index in [1.54, 1.807) is 6.92 Å². The minimum atomic E-state index is 0.109. The molecule has 1 aromatic carbocycles. The highest BCUT2D eigenvalue weighted by Crippen LogP contribution is 2.27. The van der Waals surface area contributed by atoms with E-state index in [2.05, 4.69) is 53.3 Å². The second kappa shape index (κ2) is 6.27. The summed E-state index contributed by atoms with van der Waals surface area (Å²) in [6, 6.07) is 8.23. The van der Waals surface area contributed by atoms with Crippen molar-refractivity contribution in [2.45, 2.75) is 44.0 Å². The summed E-state index contributed by atoms with van der Waals surface area (Å²) in [5.41, 5.74) is 2.30. The van der Waals surface area contributed by atoms with Gasteiger partial charge in [-0.15, -0.1) is 20.4 Å². The molecule has 0 radical (unpaired) electrons. The number of hydrogen-bond acceptors (Lipinski definition) is 7. The molecule has 0 atom stereocenters. The van der Waals surface area contributed by atoms with Crippen LogP contribution in [0.2, 0.25) is 0 Å². The van der Waals surface area contributed by atoms with Crippen LogP contribution < -0.4 is 5.84 Å². The predicted octanol–water partition coefficient (Wildman–Crippen LogP) is 2.94. The van der Waals surface area contributed by atoms with Crippen molar-refractivity contribution in [1.29, 1.82) is 0 Å². The van der Waals surface area contributed by atoms with E-state index < -0.39 is 0 Å². The Morgan fingerprint density at radius 3 is 2.38 bits per heavy atom. The zero-order chi connectivity index (χ0) is 17.3. The van der Waals surface area contributed by atoms with Crippen LogP contribution in [0.5, 0.6) is 0 Å². The third-order valence-corrected chi connectivity index (χ3v) is 4.49. The predicted molar refractivity (Wildman–Crippen MR) is 92.9 cm³/mol. The third kappa shape index (κ3) is 3.43. The summed E-state index contributed by atoms with van der Waals surface area (Å²) in [6.07, 6.45) is 0. The first-order valence-corrected chi connectivity index (χ1v) is 8.56. The lowest BCUT2D eigenvalue weighted by Gasteiger charge is -2.19. The average molecular weight is 344 g/mol. The molecule has 0 bridgehead atoms. The van der Waals surface area contributed by atoms with Gasteiger partial charge in [-0.3, -0.25) is 0 Å². The Bertz CT molecular complexity index is 831. The quantitative estimate of drug-likeness (QED) is 0.574. The van der Waals surface area contributed by atoms with Crippen molar-refractivity contribution in [3.8, 4) is 11.4 Å². The minimum Gasteiger partial charge on any atom is -0.425 e. The van der Waals surface area contributed by atoms with Gasteiger partial charge >= 0.3 is 0 Å². The van der Waals surface area contributed by atoms with Gasteiger partial charge in [0.1, 0.15) is 0 Å². The van der Waals surface area contributed by atoms with Gasteiger partial charge < -0.3 is 10.3 Å². The summed E-state index contributed by atoms with van der Waals surface area (Å²) in [4.78, 5) is 0. The molecule has 7 nitrogen and oxygen atoms in total. The average Bonchev–Trinajstić information content (AvgIpc) is 3.10. The SMILES string of the molecule is Cc1nnc(CSc2nnc(-c3ccc(C(C)(C)C)cc3)n2N)o1. The maximum absolute atomic E-state index is 6.13. The van der Waals surface area contributed by atoms with E-state index in [9.17, 15) is 0 Å². The zero-order valence-corrected chi connectivity index (χ0v) is 15.0. The molecule has 2 aromatic heterocycles. The van der Waals surface area contributed by atoms with Crippen LogP contribution in [0.4, 0.5) is 0 Å². The van der Waals surface area contributed by atoms with E-state index in [-0.39, 0.29) is 5.41 Å². The smallest absolute Gasteiger partial charge is 0.226 e. The maximum Gasteiger partial charge on any atom is 0.226 e. The topological polar surface area (TPSA) is 95.7 Å². The van der Waals surface area contributed by atoms with Crippen LogP contribution in [0, 0.1) is 6.92 Å². The lowest BCUT2D eigenvalue weighted by Crippen LogP contribution is -2.12. The lowest BCUT2D eigenvalue weighted by molar-refractivity contribution is 0.485. The molecule has 0 saturated heterocycles. The standard InChI is InChI=1S/C16H20N6OS/c1-10-18-19-13(23-10)9-24-15-21-20-14(22(15)17)11-5-7-12(8-6-11)16(2,3)4/h5-8H,9,17H2,1-4H3. The summed E-state index contributed by atoms with van der Waals surface area (Å²) < 4.78 is 6.83. The fourth-order valence-electron chi connectivity index (χ4n) is 2.21. The molecule has 0 amide bonds. The van der Waals surface area contributed by atoms with Gasteiger partial charge in [-0.05, 0) is 11.0 Å². The van der Waals surface area contributed by atoms with Crippen LogP contribution in [-0.4, -0.2) is 25.1 Å². The fourth-order valence-corrected chi connectivity index (χ4v) is 2.91. The monoisotopic (exact) mass is 344 g/mol. The number of nitrogens with zero attached hydrogens (tertiary/aromatic N) is 5. The van der Waals surface area contributed by atoms with Crippen LogP contribution in [0.15, 0.2) is 33.8 Å². The van der Waals surface area contributed by atoms with E-state index in [1.165, 1.54) is 22.0 Å². The van der Waals surface area contributed by atoms with Crippen molar-refractivity contribution in [3.63, 3.8) is 0 Å². The molecular weight excluding hydrogens is 324 g/mol. The number of hydrogen-bond donors (Lipinski definition) is 1. The van der Waals surface area contributed by atoms with Crippen LogP contribution in [0.1, 0.15) is 38.1 Å². The molecule has 2 N–H and O–H groups in total. The van der Waals surface area contributed by atoms with Crippen molar-refractivity contribution in [1.82, 2.24) is 25.1 Å². The number of rotatable bonds is 4. The first kappa shape index (κ1) is 16.5. The summed E-state index contributed by atoms with van der Waals surface area (Å²) in [5.74, 6) is 8.34. The van der Waals surface area contributed by atoms with Crippen LogP contribution in [0.3, 0.4) is 0 Å². The number of nitrogens with two attached hydrogens (primary N) is 1. The number of aromatic nitrogens is 5. The minimum absolute atomic E-state index is 0.109. The van der Waals surface area contributed by atoms with Gasteiger partial charge in [-0.1, -0.05) is 56.8 Å². The zero-order valence-electron chi connectivity index (χ0n) is 14.1. The fraction of sp³-hybridized carbons (Fsp3) is 0.375. The van der Waals surface area contributed by atoms with Gasteiger partial charge in [0.2, 0.25) is 16.9 Å². The molecule has 0 fully saturated rings. The molecular formula is C16H20N6OS. The highest BCUT2D eigenvalue weighted by molar-refractivity contribution is 7.98. The summed E-state index contributed by atoms with van der Waals surface area (Å²) in [7, 11) is 0. The number of thioether (sulfide) groups is 1. The van der Waals surface area contributed by atoms with Gasteiger partial charge in [0.25, 0.3) is 0 Å². The van der Waals surface area contributed by atoms with Crippen molar-refractivity contribution >= 4 is 11.8 Å². The van der Waals surface area contributed by atoms with E-state index in [4.69, 9.17) is 10.3 Å². The second-order valence-corrected chi connectivity index (χ2v) is 7.45. The number of benzene rings is 1. The summed E-state index contributed by atoms with van der Waals surface area (Å²) in [6.45, 7) is 8.30. The Morgan fingerprint density at radius 1 is 1.08 bits per heavy atom. The molecule has 0 aliphatic carbocycles. The van der Waals surface area contributed by atoms with Crippen LogP contribution in [-0.2, 0) is 11.2 Å². The molecule has 24 heavy (non-hydrogen) atoms. The van der Waals surface area contributed by atoms with E-state index in [0.717, 1.165) is 5.56 Å². The molecule has 0 saturated carbocycles. The molecule has 3 rings (SSSR count). The molecule has 0 spiro atoms. The molecule has 0 aliphatic heterocycles. The van der Waals surface area contributed by atoms with Gasteiger partial charge in [0.15, 0.2) is 5.82 Å². The maximum atomic E-state index is 6.13. The first-order chi connectivity index (χ1) is 11.3. The van der Waals surface area contributed by atoms with Crippen molar-refractivity contribution in [2.75, 3.05) is 5.84 Å². The molecule has 2 heterocycles. The highest BCUT2D eigenvalue weighted by Gasteiger charge is 2.16. The molecule has 0 unspecified atom stereocenters. The molecule has 3 aromatic rings. The van der Waals surface area contributed by atoms with E-state index in [1.807, 2.05) is 12.1 Å². The van der Waals surface area contributed by atoms with Gasteiger partial charge in [-0.25, -0.2) is 4.68 Å². The Balaban J connectivity index is 1.77. The highest BCUT2D eigenvalue weighted by atomic mass is 32.2. The third-order valence-electron chi connectivity index (χ3n) is 3.57. The van der Waals surface area contributed by atoms with E-state index >= 15 is 0 Å². The number of nitrogen functional groups attached to an aromatic ring is 1. The Labute approximate surface area is 144 Å². The first-order valence-electron chi connectivity index (χ1n) is 7.58. The van der Waals surface area contributed by atoms with Crippen molar-refractivity contribution in [2.24, 2.45) is 0 Å². The Hall–Kier alpha value is -2.35. The van der Waals surface area contributed by atoms with Gasteiger partial charge in [0.05, 0.1) is 5.75 Å². The summed E-state index contributed by atoms with van der Waals surface area (Å²) in [5, 5.41) is 16.7. The normalized spacial score (nSPS) is 11.8. The largest absolute Gasteiger partial charge is 0.425 e.